The monoisotopic (exact) mass is 313 g/mol. The Hall–Kier alpha value is -0.850. The van der Waals surface area contributed by atoms with Gasteiger partial charge in [0.1, 0.15) is 0 Å². The summed E-state index contributed by atoms with van der Waals surface area (Å²) >= 11 is 0. The van der Waals surface area contributed by atoms with Crippen LogP contribution in [0.1, 0.15) is 27.2 Å². The highest BCUT2D eigenvalue weighted by Crippen LogP contribution is 2.46. The maximum Gasteiger partial charge on any atom is 0.315 e. The molecule has 1 aliphatic carbocycles. The van der Waals surface area contributed by atoms with Gasteiger partial charge in [-0.25, -0.2) is 4.79 Å². The summed E-state index contributed by atoms with van der Waals surface area (Å²) in [6.45, 7) is 11.8. The van der Waals surface area contributed by atoms with Gasteiger partial charge in [0.25, 0.3) is 0 Å². The zero-order valence-electron chi connectivity index (χ0n) is 14.4. The molecule has 2 amide bonds. The quantitative estimate of drug-likeness (QED) is 0.720. The number of carbonyl (C=O) groups excluding carboxylic acids is 1. The Bertz CT molecular complexity index is 370. The molecule has 22 heavy (non-hydrogen) atoms. The molecule has 0 bridgehead atoms. The molecule has 2 aliphatic rings. The van der Waals surface area contributed by atoms with Crippen molar-refractivity contribution < 1.29 is 14.3 Å². The number of hydrogen-bond donors (Lipinski definition) is 2. The van der Waals surface area contributed by atoms with Crippen LogP contribution < -0.4 is 10.6 Å². The molecule has 128 valence electrons. The fourth-order valence-electron chi connectivity index (χ4n) is 3.95. The number of ether oxygens (including phenoxy) is 2. The lowest BCUT2D eigenvalue weighted by Gasteiger charge is -2.56. The van der Waals surface area contributed by atoms with E-state index < -0.39 is 0 Å². The number of carbonyl (C=O) groups is 1. The van der Waals surface area contributed by atoms with E-state index in [9.17, 15) is 4.79 Å². The second kappa shape index (κ2) is 7.62. The van der Waals surface area contributed by atoms with Crippen molar-refractivity contribution >= 4 is 6.03 Å². The second-order valence-corrected chi connectivity index (χ2v) is 7.02. The van der Waals surface area contributed by atoms with Gasteiger partial charge in [-0.15, -0.1) is 0 Å². The lowest BCUT2D eigenvalue weighted by Crippen LogP contribution is -2.68. The van der Waals surface area contributed by atoms with E-state index in [1.165, 1.54) is 0 Å². The van der Waals surface area contributed by atoms with Gasteiger partial charge in [0.15, 0.2) is 0 Å². The van der Waals surface area contributed by atoms with Crippen molar-refractivity contribution in [1.82, 2.24) is 15.5 Å². The van der Waals surface area contributed by atoms with Gasteiger partial charge in [-0.05, 0) is 13.0 Å². The molecule has 2 fully saturated rings. The van der Waals surface area contributed by atoms with Crippen molar-refractivity contribution in [3.63, 3.8) is 0 Å². The Labute approximate surface area is 133 Å². The fourth-order valence-corrected chi connectivity index (χ4v) is 3.95. The van der Waals surface area contributed by atoms with Gasteiger partial charge in [-0.2, -0.15) is 0 Å². The number of urea groups is 1. The zero-order valence-corrected chi connectivity index (χ0v) is 14.4. The molecule has 0 aromatic carbocycles. The molecule has 0 aromatic heterocycles. The van der Waals surface area contributed by atoms with Crippen molar-refractivity contribution in [1.29, 1.82) is 0 Å². The summed E-state index contributed by atoms with van der Waals surface area (Å²) in [5.74, 6) is 0.346. The van der Waals surface area contributed by atoms with Crippen LogP contribution in [0.3, 0.4) is 0 Å². The molecule has 2 rings (SSSR count). The van der Waals surface area contributed by atoms with Crippen LogP contribution in [0.15, 0.2) is 0 Å². The van der Waals surface area contributed by atoms with Crippen LogP contribution in [0.2, 0.25) is 0 Å². The van der Waals surface area contributed by atoms with Crippen molar-refractivity contribution in [2.75, 3.05) is 46.5 Å². The van der Waals surface area contributed by atoms with E-state index in [-0.39, 0.29) is 23.6 Å². The first kappa shape index (κ1) is 17.5. The molecule has 0 spiro atoms. The van der Waals surface area contributed by atoms with Crippen LogP contribution in [0.25, 0.3) is 0 Å². The molecule has 0 aromatic rings. The summed E-state index contributed by atoms with van der Waals surface area (Å²) in [6, 6.07) is 0.0955. The Balaban J connectivity index is 1.62. The van der Waals surface area contributed by atoms with Gasteiger partial charge in [0, 0.05) is 44.1 Å². The van der Waals surface area contributed by atoms with Crippen LogP contribution >= 0.6 is 0 Å². The van der Waals surface area contributed by atoms with Gasteiger partial charge in [0.05, 0.1) is 19.3 Å². The van der Waals surface area contributed by atoms with Crippen LogP contribution in [-0.4, -0.2) is 69.6 Å². The number of nitrogens with zero attached hydrogens (tertiary/aromatic N) is 1. The van der Waals surface area contributed by atoms with E-state index in [2.05, 4.69) is 36.3 Å². The van der Waals surface area contributed by atoms with E-state index >= 15 is 0 Å². The van der Waals surface area contributed by atoms with Crippen LogP contribution in [0.5, 0.6) is 0 Å². The first-order valence-electron chi connectivity index (χ1n) is 8.34. The predicted molar refractivity (Wildman–Crippen MR) is 85.9 cm³/mol. The molecular weight excluding hydrogens is 282 g/mol. The lowest BCUT2D eigenvalue weighted by atomic mass is 9.58. The Morgan fingerprint density at radius 3 is 2.64 bits per heavy atom. The number of nitrogens with one attached hydrogen (secondary N) is 2. The Kier molecular flexibility index (Phi) is 6.06. The normalized spacial score (nSPS) is 31.4. The van der Waals surface area contributed by atoms with Gasteiger partial charge in [-0.3, -0.25) is 4.90 Å². The molecule has 6 nitrogen and oxygen atoms in total. The first-order chi connectivity index (χ1) is 10.5. The van der Waals surface area contributed by atoms with E-state index in [1.54, 1.807) is 7.11 Å². The number of methoxy groups -OCH3 is 1. The lowest BCUT2D eigenvalue weighted by molar-refractivity contribution is -0.140. The number of morpholine rings is 1. The predicted octanol–water partition coefficient (Wildman–Crippen LogP) is 1.07. The van der Waals surface area contributed by atoms with E-state index in [1.807, 2.05) is 0 Å². The second-order valence-electron chi connectivity index (χ2n) is 7.02. The molecule has 0 unspecified atom stereocenters. The smallest absolute Gasteiger partial charge is 0.315 e. The van der Waals surface area contributed by atoms with E-state index in [0.717, 1.165) is 39.3 Å². The minimum atomic E-state index is -0.0681. The van der Waals surface area contributed by atoms with Crippen molar-refractivity contribution in [2.24, 2.45) is 11.3 Å². The number of hydrogen-bond acceptors (Lipinski definition) is 4. The standard InChI is InChI=1S/C16H31N3O3/c1-12-13(16(2,3)14(12)21-4)18-15(20)17-6-5-7-19-8-10-22-11-9-19/h12-14H,5-11H2,1-4H3,(H2,17,18,20)/t12-,13-,14+/m0/s1. The van der Waals surface area contributed by atoms with Crippen LogP contribution in [-0.2, 0) is 9.47 Å². The maximum atomic E-state index is 12.0. The summed E-state index contributed by atoms with van der Waals surface area (Å²) in [4.78, 5) is 14.4. The maximum absolute atomic E-state index is 12.0. The SMILES string of the molecule is CO[C@@H]1[C@@H](C)[C@H](NC(=O)NCCCN2CCOCC2)C1(C)C. The Morgan fingerprint density at radius 1 is 1.36 bits per heavy atom. The molecule has 6 heteroatoms. The molecule has 1 heterocycles. The van der Waals surface area contributed by atoms with E-state index in [0.29, 0.717) is 12.5 Å². The molecule has 2 N–H and O–H groups in total. The minimum Gasteiger partial charge on any atom is -0.380 e. The molecule has 0 radical (unpaired) electrons. The van der Waals surface area contributed by atoms with Crippen LogP contribution in [0, 0.1) is 11.3 Å². The highest BCUT2D eigenvalue weighted by atomic mass is 16.5. The molecule has 1 aliphatic heterocycles. The molecule has 3 atom stereocenters. The van der Waals surface area contributed by atoms with Crippen LogP contribution in [0.4, 0.5) is 4.79 Å². The van der Waals surface area contributed by atoms with Gasteiger partial charge in [-0.1, -0.05) is 20.8 Å². The highest BCUT2D eigenvalue weighted by molar-refractivity contribution is 5.74. The van der Waals surface area contributed by atoms with E-state index in [4.69, 9.17) is 9.47 Å². The summed E-state index contributed by atoms with van der Waals surface area (Å²) in [5.41, 5.74) is -0.0146. The highest BCUT2D eigenvalue weighted by Gasteiger charge is 2.55. The van der Waals surface area contributed by atoms with Crippen molar-refractivity contribution in [3.8, 4) is 0 Å². The average Bonchev–Trinajstić information content (AvgIpc) is 2.50. The van der Waals surface area contributed by atoms with Gasteiger partial charge in [0.2, 0.25) is 0 Å². The summed E-state index contributed by atoms with van der Waals surface area (Å²) in [5, 5.41) is 6.06. The Morgan fingerprint density at radius 2 is 2.05 bits per heavy atom. The third-order valence-electron chi connectivity index (χ3n) is 5.12. The minimum absolute atomic E-state index is 0.0146. The molecule has 1 saturated carbocycles. The third-order valence-corrected chi connectivity index (χ3v) is 5.12. The number of amides is 2. The third kappa shape index (κ3) is 3.91. The molecule has 1 saturated heterocycles. The fraction of sp³-hybridized carbons (Fsp3) is 0.938. The summed E-state index contributed by atoms with van der Waals surface area (Å²) < 4.78 is 10.8. The van der Waals surface area contributed by atoms with Crippen molar-refractivity contribution in [3.05, 3.63) is 0 Å². The summed E-state index contributed by atoms with van der Waals surface area (Å²) in [7, 11) is 1.74. The van der Waals surface area contributed by atoms with Crippen molar-refractivity contribution in [2.45, 2.75) is 39.3 Å². The van der Waals surface area contributed by atoms with Gasteiger partial charge < -0.3 is 20.1 Å². The summed E-state index contributed by atoms with van der Waals surface area (Å²) in [6.07, 6.45) is 1.18. The average molecular weight is 313 g/mol. The number of rotatable bonds is 6. The van der Waals surface area contributed by atoms with Gasteiger partial charge >= 0.3 is 6.03 Å². The molecular formula is C16H31N3O3. The largest absolute Gasteiger partial charge is 0.380 e. The first-order valence-corrected chi connectivity index (χ1v) is 8.34. The topological polar surface area (TPSA) is 62.8 Å². The zero-order chi connectivity index (χ0) is 16.2.